The first-order valence-electron chi connectivity index (χ1n) is 5.87. The van der Waals surface area contributed by atoms with E-state index in [0.717, 1.165) is 12.8 Å². The summed E-state index contributed by atoms with van der Waals surface area (Å²) in [5.41, 5.74) is 0.0665. The van der Waals surface area contributed by atoms with Crippen molar-refractivity contribution in [3.8, 4) is 0 Å². The van der Waals surface area contributed by atoms with E-state index >= 15 is 0 Å². The minimum Gasteiger partial charge on any atom is -0.448 e. The van der Waals surface area contributed by atoms with E-state index in [1.54, 1.807) is 6.92 Å². The van der Waals surface area contributed by atoms with Crippen LogP contribution >= 0.6 is 0 Å². The van der Waals surface area contributed by atoms with Gasteiger partial charge < -0.3 is 14.8 Å². The van der Waals surface area contributed by atoms with E-state index in [9.17, 15) is 9.90 Å². The lowest BCUT2D eigenvalue weighted by Crippen LogP contribution is -2.39. The molecule has 0 fully saturated rings. The molecule has 5 nitrogen and oxygen atoms in total. The maximum absolute atomic E-state index is 11.8. The van der Waals surface area contributed by atoms with E-state index in [0.29, 0.717) is 18.0 Å². The van der Waals surface area contributed by atoms with E-state index < -0.39 is 0 Å². The fourth-order valence-electron chi connectivity index (χ4n) is 1.65. The molecule has 0 aliphatic carbocycles. The number of aliphatic hydroxyl groups excluding tert-OH is 1. The zero-order valence-electron chi connectivity index (χ0n) is 10.6. The molecular weight excluding hydrogens is 220 g/mol. The van der Waals surface area contributed by atoms with Crippen LogP contribution in [0.3, 0.4) is 0 Å². The number of aryl methyl sites for hydroxylation is 1. The largest absolute Gasteiger partial charge is 0.448 e. The third-order valence-corrected chi connectivity index (χ3v) is 3.42. The summed E-state index contributed by atoms with van der Waals surface area (Å²) in [6, 6.07) is 0. The molecule has 1 heterocycles. The monoisotopic (exact) mass is 240 g/mol. The molecule has 0 saturated carbocycles. The fourth-order valence-corrected chi connectivity index (χ4v) is 1.65. The van der Waals surface area contributed by atoms with Crippen molar-refractivity contribution in [3.63, 3.8) is 0 Å². The second-order valence-corrected chi connectivity index (χ2v) is 4.31. The average molecular weight is 240 g/mol. The van der Waals surface area contributed by atoms with Gasteiger partial charge in [0, 0.05) is 12.0 Å². The Balaban J connectivity index is 2.62. The Labute approximate surface area is 101 Å². The predicted octanol–water partition coefficient (Wildman–Crippen LogP) is 1.51. The molecule has 1 aromatic rings. The summed E-state index contributed by atoms with van der Waals surface area (Å²) in [5, 5.41) is 12.2. The summed E-state index contributed by atoms with van der Waals surface area (Å²) in [7, 11) is 0. The van der Waals surface area contributed by atoms with Crippen molar-refractivity contribution in [2.45, 2.75) is 33.6 Å². The topological polar surface area (TPSA) is 75.4 Å². The van der Waals surface area contributed by atoms with Crippen LogP contribution < -0.4 is 5.32 Å². The van der Waals surface area contributed by atoms with Crippen molar-refractivity contribution in [2.24, 2.45) is 5.41 Å². The lowest BCUT2D eigenvalue weighted by Gasteiger charge is -2.29. The summed E-state index contributed by atoms with van der Waals surface area (Å²) in [5.74, 6) is 0.251. The third kappa shape index (κ3) is 3.06. The van der Waals surface area contributed by atoms with E-state index in [-0.39, 0.29) is 17.9 Å². The highest BCUT2D eigenvalue weighted by atomic mass is 16.3. The first kappa shape index (κ1) is 13.7. The highest BCUT2D eigenvalue weighted by molar-refractivity contribution is 5.93. The van der Waals surface area contributed by atoms with E-state index in [1.807, 2.05) is 13.8 Å². The molecule has 1 aromatic heterocycles. The van der Waals surface area contributed by atoms with Crippen molar-refractivity contribution in [1.82, 2.24) is 10.3 Å². The van der Waals surface area contributed by atoms with Crippen LogP contribution in [0.25, 0.3) is 0 Å². The first-order chi connectivity index (χ1) is 8.08. The minimum atomic E-state index is -0.254. The van der Waals surface area contributed by atoms with Gasteiger partial charge in [0.05, 0.1) is 6.61 Å². The highest BCUT2D eigenvalue weighted by Gasteiger charge is 2.26. The Morgan fingerprint density at radius 3 is 2.59 bits per heavy atom. The van der Waals surface area contributed by atoms with E-state index in [2.05, 4.69) is 10.3 Å². The van der Waals surface area contributed by atoms with Crippen molar-refractivity contribution in [2.75, 3.05) is 13.2 Å². The molecule has 0 spiro atoms. The molecule has 17 heavy (non-hydrogen) atoms. The smallest absolute Gasteiger partial charge is 0.273 e. The van der Waals surface area contributed by atoms with Gasteiger partial charge in [-0.25, -0.2) is 4.98 Å². The Morgan fingerprint density at radius 2 is 2.18 bits per heavy atom. The van der Waals surface area contributed by atoms with Gasteiger partial charge in [-0.2, -0.15) is 0 Å². The van der Waals surface area contributed by atoms with Crippen molar-refractivity contribution in [3.05, 3.63) is 17.8 Å². The Bertz CT molecular complexity index is 361. The molecule has 0 atom stereocenters. The Morgan fingerprint density at radius 1 is 1.53 bits per heavy atom. The third-order valence-electron chi connectivity index (χ3n) is 3.42. The number of aliphatic hydroxyl groups is 1. The number of rotatable bonds is 6. The molecule has 0 aliphatic rings. The van der Waals surface area contributed by atoms with Gasteiger partial charge >= 0.3 is 0 Å². The predicted molar refractivity (Wildman–Crippen MR) is 63.7 cm³/mol. The van der Waals surface area contributed by atoms with Gasteiger partial charge in [0.1, 0.15) is 5.76 Å². The zero-order valence-corrected chi connectivity index (χ0v) is 10.6. The molecule has 1 amide bonds. The first-order valence-corrected chi connectivity index (χ1v) is 5.87. The van der Waals surface area contributed by atoms with Crippen LogP contribution in [0.1, 0.15) is 42.9 Å². The number of hydrogen-bond acceptors (Lipinski definition) is 4. The molecule has 0 aromatic carbocycles. The van der Waals surface area contributed by atoms with Crippen LogP contribution in [-0.2, 0) is 0 Å². The molecule has 0 unspecified atom stereocenters. The molecule has 0 aliphatic heterocycles. The lowest BCUT2D eigenvalue weighted by atomic mass is 9.83. The zero-order chi connectivity index (χ0) is 12.9. The van der Waals surface area contributed by atoms with Crippen LogP contribution in [0.2, 0.25) is 0 Å². The molecule has 0 saturated heterocycles. The number of aromatic nitrogens is 1. The molecule has 96 valence electrons. The summed E-state index contributed by atoms with van der Waals surface area (Å²) in [6.45, 7) is 6.22. The second kappa shape index (κ2) is 5.82. The standard InChI is InChI=1S/C12H20N2O3/c1-4-12(5-2,7-15)6-13-11(16)10-9(3)17-8-14-10/h8,15H,4-7H2,1-3H3,(H,13,16). The maximum Gasteiger partial charge on any atom is 0.273 e. The number of amides is 1. The van der Waals surface area contributed by atoms with E-state index in [4.69, 9.17) is 4.42 Å². The summed E-state index contributed by atoms with van der Waals surface area (Å²) in [6.07, 6.45) is 2.89. The summed E-state index contributed by atoms with van der Waals surface area (Å²) >= 11 is 0. The fraction of sp³-hybridized carbons (Fsp3) is 0.667. The number of nitrogens with one attached hydrogen (secondary N) is 1. The number of hydrogen-bond donors (Lipinski definition) is 2. The van der Waals surface area contributed by atoms with Gasteiger partial charge in [0.25, 0.3) is 5.91 Å². The van der Waals surface area contributed by atoms with Gasteiger partial charge in [-0.05, 0) is 19.8 Å². The van der Waals surface area contributed by atoms with Crippen LogP contribution in [0.15, 0.2) is 10.8 Å². The van der Waals surface area contributed by atoms with E-state index in [1.165, 1.54) is 6.39 Å². The Kier molecular flexibility index (Phi) is 4.69. The summed E-state index contributed by atoms with van der Waals surface area (Å²) < 4.78 is 4.98. The molecule has 5 heteroatoms. The quantitative estimate of drug-likeness (QED) is 0.790. The SMILES string of the molecule is CCC(CC)(CO)CNC(=O)c1ncoc1C. The number of nitrogens with zero attached hydrogens (tertiary/aromatic N) is 1. The highest BCUT2D eigenvalue weighted by Crippen LogP contribution is 2.24. The molecule has 2 N–H and O–H groups in total. The van der Waals surface area contributed by atoms with Crippen LogP contribution in [-0.4, -0.2) is 29.1 Å². The molecule has 0 bridgehead atoms. The number of oxazole rings is 1. The second-order valence-electron chi connectivity index (χ2n) is 4.31. The van der Waals surface area contributed by atoms with Crippen molar-refractivity contribution in [1.29, 1.82) is 0 Å². The molecule has 1 rings (SSSR count). The maximum atomic E-state index is 11.8. The average Bonchev–Trinajstić information content (AvgIpc) is 2.78. The van der Waals surface area contributed by atoms with Crippen LogP contribution in [0.4, 0.5) is 0 Å². The van der Waals surface area contributed by atoms with Gasteiger partial charge in [0.15, 0.2) is 12.1 Å². The van der Waals surface area contributed by atoms with Gasteiger partial charge in [0.2, 0.25) is 0 Å². The molecular formula is C12H20N2O3. The normalized spacial score (nSPS) is 11.5. The van der Waals surface area contributed by atoms with Crippen LogP contribution in [0, 0.1) is 12.3 Å². The van der Waals surface area contributed by atoms with Gasteiger partial charge in [-0.3, -0.25) is 4.79 Å². The molecule has 0 radical (unpaired) electrons. The minimum absolute atomic E-state index is 0.0675. The number of carbonyl (C=O) groups excluding carboxylic acids is 1. The van der Waals surface area contributed by atoms with Crippen LogP contribution in [0.5, 0.6) is 0 Å². The van der Waals surface area contributed by atoms with Crippen molar-refractivity contribution >= 4 is 5.91 Å². The summed E-state index contributed by atoms with van der Waals surface area (Å²) in [4.78, 5) is 15.7. The number of carbonyl (C=O) groups is 1. The van der Waals surface area contributed by atoms with Gasteiger partial charge in [-0.1, -0.05) is 13.8 Å². The van der Waals surface area contributed by atoms with Gasteiger partial charge in [-0.15, -0.1) is 0 Å². The lowest BCUT2D eigenvalue weighted by molar-refractivity contribution is 0.0846. The van der Waals surface area contributed by atoms with Crippen molar-refractivity contribution < 1.29 is 14.3 Å². The Hall–Kier alpha value is -1.36.